The van der Waals surface area contributed by atoms with E-state index in [1.54, 1.807) is 0 Å². The van der Waals surface area contributed by atoms with E-state index in [0.717, 1.165) is 31.8 Å². The quantitative estimate of drug-likeness (QED) is 0.797. The SMILES string of the molecule is CCC1(CC)CNCC(C2CCCCC2)O1. The lowest BCUT2D eigenvalue weighted by Gasteiger charge is -2.44. The van der Waals surface area contributed by atoms with Crippen LogP contribution in [0.5, 0.6) is 0 Å². The van der Waals surface area contributed by atoms with Gasteiger partial charge in [-0.25, -0.2) is 0 Å². The number of ether oxygens (including phenoxy) is 1. The van der Waals surface area contributed by atoms with Gasteiger partial charge in [0.05, 0.1) is 11.7 Å². The van der Waals surface area contributed by atoms with Crippen molar-refractivity contribution in [1.29, 1.82) is 0 Å². The van der Waals surface area contributed by atoms with E-state index in [1.807, 2.05) is 0 Å². The van der Waals surface area contributed by atoms with Crippen LogP contribution < -0.4 is 5.32 Å². The molecule has 1 aliphatic carbocycles. The summed E-state index contributed by atoms with van der Waals surface area (Å²) in [7, 11) is 0. The minimum absolute atomic E-state index is 0.125. The van der Waals surface area contributed by atoms with Crippen molar-refractivity contribution in [3.05, 3.63) is 0 Å². The Balaban J connectivity index is 1.94. The van der Waals surface area contributed by atoms with Gasteiger partial charge in [0.15, 0.2) is 0 Å². The molecule has 2 rings (SSSR count). The van der Waals surface area contributed by atoms with E-state index in [0.29, 0.717) is 6.10 Å². The zero-order valence-corrected chi connectivity index (χ0v) is 10.9. The van der Waals surface area contributed by atoms with Gasteiger partial charge in [-0.3, -0.25) is 0 Å². The molecular formula is C14H27NO. The molecule has 2 aliphatic rings. The molecule has 1 N–H and O–H groups in total. The molecule has 2 fully saturated rings. The number of morpholine rings is 1. The summed E-state index contributed by atoms with van der Waals surface area (Å²) in [5.74, 6) is 0.819. The van der Waals surface area contributed by atoms with E-state index in [9.17, 15) is 0 Å². The normalized spacial score (nSPS) is 31.5. The van der Waals surface area contributed by atoms with Gasteiger partial charge < -0.3 is 10.1 Å². The predicted octanol–water partition coefficient (Wildman–Crippen LogP) is 3.11. The van der Waals surface area contributed by atoms with Crippen LogP contribution in [0.25, 0.3) is 0 Å². The zero-order valence-electron chi connectivity index (χ0n) is 10.9. The van der Waals surface area contributed by atoms with Crippen LogP contribution in [-0.2, 0) is 4.74 Å². The molecule has 1 saturated carbocycles. The van der Waals surface area contributed by atoms with Crippen molar-refractivity contribution < 1.29 is 4.74 Å². The van der Waals surface area contributed by atoms with Gasteiger partial charge >= 0.3 is 0 Å². The van der Waals surface area contributed by atoms with Crippen molar-refractivity contribution in [1.82, 2.24) is 5.32 Å². The van der Waals surface area contributed by atoms with Gasteiger partial charge in [-0.1, -0.05) is 33.1 Å². The molecule has 1 aliphatic heterocycles. The lowest BCUT2D eigenvalue weighted by molar-refractivity contribution is -0.143. The molecule has 1 atom stereocenters. The van der Waals surface area contributed by atoms with Gasteiger partial charge in [-0.2, -0.15) is 0 Å². The number of nitrogens with one attached hydrogen (secondary N) is 1. The highest BCUT2D eigenvalue weighted by Gasteiger charge is 2.37. The highest BCUT2D eigenvalue weighted by atomic mass is 16.5. The summed E-state index contributed by atoms with van der Waals surface area (Å²) < 4.78 is 6.45. The summed E-state index contributed by atoms with van der Waals surface area (Å²) in [6.07, 6.45) is 9.79. The van der Waals surface area contributed by atoms with E-state index in [1.165, 1.54) is 32.1 Å². The number of hydrogen-bond donors (Lipinski definition) is 1. The van der Waals surface area contributed by atoms with Crippen LogP contribution in [0.4, 0.5) is 0 Å². The first-order chi connectivity index (χ1) is 7.79. The molecule has 0 bridgehead atoms. The molecule has 0 radical (unpaired) electrons. The number of hydrogen-bond acceptors (Lipinski definition) is 2. The maximum absolute atomic E-state index is 6.45. The van der Waals surface area contributed by atoms with Gasteiger partial charge in [-0.15, -0.1) is 0 Å². The Labute approximate surface area is 100 Å². The molecule has 0 aromatic rings. The van der Waals surface area contributed by atoms with E-state index >= 15 is 0 Å². The lowest BCUT2D eigenvalue weighted by atomic mass is 9.83. The van der Waals surface area contributed by atoms with Crippen molar-refractivity contribution in [2.75, 3.05) is 13.1 Å². The van der Waals surface area contributed by atoms with E-state index in [-0.39, 0.29) is 5.60 Å². The fourth-order valence-electron chi connectivity index (χ4n) is 3.28. The second-order valence-electron chi connectivity index (χ2n) is 5.58. The fourth-order valence-corrected chi connectivity index (χ4v) is 3.28. The monoisotopic (exact) mass is 225 g/mol. The maximum atomic E-state index is 6.45. The van der Waals surface area contributed by atoms with E-state index in [4.69, 9.17) is 4.74 Å². The summed E-state index contributed by atoms with van der Waals surface area (Å²) in [4.78, 5) is 0. The molecule has 0 amide bonds. The predicted molar refractivity (Wildman–Crippen MR) is 67.6 cm³/mol. The van der Waals surface area contributed by atoms with Crippen LogP contribution in [0.1, 0.15) is 58.8 Å². The summed E-state index contributed by atoms with van der Waals surface area (Å²) in [5.41, 5.74) is 0.125. The second-order valence-corrected chi connectivity index (χ2v) is 5.58. The Morgan fingerprint density at radius 2 is 1.81 bits per heavy atom. The average molecular weight is 225 g/mol. The first-order valence-electron chi connectivity index (χ1n) is 7.18. The third-order valence-corrected chi connectivity index (χ3v) is 4.66. The van der Waals surface area contributed by atoms with Crippen LogP contribution in [0.15, 0.2) is 0 Å². The smallest absolute Gasteiger partial charge is 0.0805 e. The van der Waals surface area contributed by atoms with E-state index < -0.39 is 0 Å². The van der Waals surface area contributed by atoms with Crippen LogP contribution in [0, 0.1) is 5.92 Å². The topological polar surface area (TPSA) is 21.3 Å². The molecule has 1 unspecified atom stereocenters. The largest absolute Gasteiger partial charge is 0.369 e. The molecule has 2 nitrogen and oxygen atoms in total. The minimum atomic E-state index is 0.125. The van der Waals surface area contributed by atoms with Crippen LogP contribution in [0.3, 0.4) is 0 Å². The maximum Gasteiger partial charge on any atom is 0.0805 e. The summed E-state index contributed by atoms with van der Waals surface area (Å²) in [5, 5.41) is 3.60. The highest BCUT2D eigenvalue weighted by molar-refractivity contribution is 4.90. The van der Waals surface area contributed by atoms with Gasteiger partial charge in [0.25, 0.3) is 0 Å². The van der Waals surface area contributed by atoms with Gasteiger partial charge in [-0.05, 0) is 31.6 Å². The highest BCUT2D eigenvalue weighted by Crippen LogP contribution is 2.33. The van der Waals surface area contributed by atoms with Crippen LogP contribution in [-0.4, -0.2) is 24.8 Å². The van der Waals surface area contributed by atoms with Crippen LogP contribution in [0.2, 0.25) is 0 Å². The summed E-state index contributed by atoms with van der Waals surface area (Å²) in [6, 6.07) is 0. The van der Waals surface area contributed by atoms with E-state index in [2.05, 4.69) is 19.2 Å². The molecule has 0 aromatic carbocycles. The molecule has 94 valence electrons. The molecule has 2 heteroatoms. The third kappa shape index (κ3) is 2.60. The Morgan fingerprint density at radius 3 is 2.44 bits per heavy atom. The van der Waals surface area contributed by atoms with Crippen molar-refractivity contribution in [2.45, 2.75) is 70.5 Å². The van der Waals surface area contributed by atoms with Crippen molar-refractivity contribution >= 4 is 0 Å². The Hall–Kier alpha value is -0.0800. The Kier molecular flexibility index (Phi) is 4.26. The van der Waals surface area contributed by atoms with Gasteiger partial charge in [0.2, 0.25) is 0 Å². The fraction of sp³-hybridized carbons (Fsp3) is 1.00. The van der Waals surface area contributed by atoms with Gasteiger partial charge in [0, 0.05) is 13.1 Å². The van der Waals surface area contributed by atoms with Crippen molar-refractivity contribution in [3.63, 3.8) is 0 Å². The van der Waals surface area contributed by atoms with Crippen molar-refractivity contribution in [3.8, 4) is 0 Å². The summed E-state index contributed by atoms with van der Waals surface area (Å²) >= 11 is 0. The first-order valence-corrected chi connectivity index (χ1v) is 7.18. The third-order valence-electron chi connectivity index (χ3n) is 4.66. The molecular weight excluding hydrogens is 198 g/mol. The van der Waals surface area contributed by atoms with Gasteiger partial charge in [0.1, 0.15) is 0 Å². The Morgan fingerprint density at radius 1 is 1.12 bits per heavy atom. The Bertz CT molecular complexity index is 207. The molecule has 0 spiro atoms. The zero-order chi connectivity index (χ0) is 11.4. The molecule has 0 aromatic heterocycles. The minimum Gasteiger partial charge on any atom is -0.369 e. The standard InChI is InChI=1S/C14H27NO/c1-3-14(4-2)11-15-10-13(16-14)12-8-6-5-7-9-12/h12-13,15H,3-11H2,1-2H3. The lowest BCUT2D eigenvalue weighted by Crippen LogP contribution is -2.55. The molecule has 16 heavy (non-hydrogen) atoms. The first kappa shape index (κ1) is 12.4. The van der Waals surface area contributed by atoms with Crippen molar-refractivity contribution in [2.24, 2.45) is 5.92 Å². The molecule has 1 saturated heterocycles. The van der Waals surface area contributed by atoms with Crippen LogP contribution >= 0.6 is 0 Å². The number of rotatable bonds is 3. The second kappa shape index (κ2) is 5.50. The average Bonchev–Trinajstić information content (AvgIpc) is 2.40. The summed E-state index contributed by atoms with van der Waals surface area (Å²) in [6.45, 7) is 6.64. The molecule has 1 heterocycles.